The summed E-state index contributed by atoms with van der Waals surface area (Å²) in [6, 6.07) is 14.1. The number of carbonyl (C=O) groups is 1. The highest BCUT2D eigenvalue weighted by Gasteiger charge is 2.14. The second kappa shape index (κ2) is 6.64. The van der Waals surface area contributed by atoms with Crippen molar-refractivity contribution in [1.82, 2.24) is 14.4 Å². The molecule has 0 aliphatic rings. The first-order chi connectivity index (χ1) is 13.0. The predicted molar refractivity (Wildman–Crippen MR) is 102 cm³/mol. The fraction of sp³-hybridized carbons (Fsp3) is 0.143. The van der Waals surface area contributed by atoms with Gasteiger partial charge in [0.05, 0.1) is 16.8 Å². The van der Waals surface area contributed by atoms with E-state index in [-0.39, 0.29) is 12.2 Å². The quantitative estimate of drug-likeness (QED) is 0.525. The second-order valence-corrected chi connectivity index (χ2v) is 6.42. The van der Waals surface area contributed by atoms with Gasteiger partial charge in [-0.05, 0) is 44.2 Å². The van der Waals surface area contributed by atoms with Gasteiger partial charge in [-0.3, -0.25) is 14.2 Å². The Hall–Kier alpha value is -3.54. The molecule has 0 fully saturated rings. The number of pyridine rings is 2. The number of rotatable bonds is 3. The van der Waals surface area contributed by atoms with Crippen molar-refractivity contribution in [3.05, 3.63) is 87.6 Å². The molecular formula is C21H17N3O3. The van der Waals surface area contributed by atoms with E-state index in [1.807, 2.05) is 32.0 Å². The molecule has 1 aromatic carbocycles. The van der Waals surface area contributed by atoms with Crippen LogP contribution in [0.15, 0.2) is 59.5 Å². The Kier molecular flexibility index (Phi) is 4.16. The van der Waals surface area contributed by atoms with E-state index in [1.165, 1.54) is 10.5 Å². The van der Waals surface area contributed by atoms with Crippen LogP contribution >= 0.6 is 0 Å². The molecule has 3 heterocycles. The number of hydrogen-bond donors (Lipinski definition) is 0. The number of aromatic nitrogens is 3. The Morgan fingerprint density at radius 1 is 1.07 bits per heavy atom. The van der Waals surface area contributed by atoms with Gasteiger partial charge in [-0.2, -0.15) is 0 Å². The molecule has 6 nitrogen and oxygen atoms in total. The van der Waals surface area contributed by atoms with Crippen molar-refractivity contribution in [2.45, 2.75) is 20.5 Å². The standard InChI is InChI=1S/C21H17N3O3/c1-13-6-7-18-16(9-13)17(10-14(2)22-18)21(26)27-12-15-11-20(25)24-8-4-3-5-19(24)23-15/h3-11H,12H2,1-2H3. The molecule has 0 N–H and O–H groups in total. The van der Waals surface area contributed by atoms with Crippen LogP contribution in [0.1, 0.15) is 27.3 Å². The van der Waals surface area contributed by atoms with E-state index < -0.39 is 5.97 Å². The number of aryl methyl sites for hydroxylation is 2. The van der Waals surface area contributed by atoms with E-state index in [0.29, 0.717) is 16.9 Å². The minimum Gasteiger partial charge on any atom is -0.456 e. The molecule has 0 unspecified atom stereocenters. The lowest BCUT2D eigenvalue weighted by Crippen LogP contribution is -2.16. The van der Waals surface area contributed by atoms with Crippen molar-refractivity contribution in [3.8, 4) is 0 Å². The monoisotopic (exact) mass is 359 g/mol. The topological polar surface area (TPSA) is 73.6 Å². The third kappa shape index (κ3) is 3.29. The molecule has 0 aliphatic carbocycles. The Morgan fingerprint density at radius 2 is 1.93 bits per heavy atom. The van der Waals surface area contributed by atoms with Gasteiger partial charge in [0, 0.05) is 23.3 Å². The lowest BCUT2D eigenvalue weighted by molar-refractivity contribution is 0.0470. The van der Waals surface area contributed by atoms with Gasteiger partial charge in [-0.25, -0.2) is 9.78 Å². The van der Waals surface area contributed by atoms with Crippen LogP contribution in [0.2, 0.25) is 0 Å². The molecule has 6 heteroatoms. The summed E-state index contributed by atoms with van der Waals surface area (Å²) in [6.07, 6.45) is 1.65. The number of benzene rings is 1. The Bertz CT molecular complexity index is 1240. The summed E-state index contributed by atoms with van der Waals surface area (Å²) in [5.74, 6) is -0.467. The average molecular weight is 359 g/mol. The third-order valence-electron chi connectivity index (χ3n) is 4.29. The average Bonchev–Trinajstić information content (AvgIpc) is 2.66. The molecule has 27 heavy (non-hydrogen) atoms. The Morgan fingerprint density at radius 3 is 2.78 bits per heavy atom. The highest BCUT2D eigenvalue weighted by atomic mass is 16.5. The van der Waals surface area contributed by atoms with Crippen molar-refractivity contribution in [2.75, 3.05) is 0 Å². The normalized spacial score (nSPS) is 11.0. The zero-order chi connectivity index (χ0) is 19.0. The number of nitrogens with zero attached hydrogens (tertiary/aromatic N) is 3. The Balaban J connectivity index is 1.65. The number of ether oxygens (including phenoxy) is 1. The summed E-state index contributed by atoms with van der Waals surface area (Å²) in [4.78, 5) is 33.7. The van der Waals surface area contributed by atoms with Crippen LogP contribution < -0.4 is 5.56 Å². The highest BCUT2D eigenvalue weighted by Crippen LogP contribution is 2.21. The molecule has 134 valence electrons. The van der Waals surface area contributed by atoms with Crippen LogP contribution in [0.3, 0.4) is 0 Å². The number of fused-ring (bicyclic) bond motifs is 2. The van der Waals surface area contributed by atoms with Crippen molar-refractivity contribution in [1.29, 1.82) is 0 Å². The molecule has 0 atom stereocenters. The summed E-state index contributed by atoms with van der Waals surface area (Å²) in [7, 11) is 0. The number of carbonyl (C=O) groups excluding carboxylic acids is 1. The lowest BCUT2D eigenvalue weighted by atomic mass is 10.1. The van der Waals surface area contributed by atoms with Gasteiger partial charge in [0.25, 0.3) is 5.56 Å². The largest absolute Gasteiger partial charge is 0.456 e. The lowest BCUT2D eigenvalue weighted by Gasteiger charge is -2.09. The molecule has 0 amide bonds. The Labute approximate surface area is 155 Å². The van der Waals surface area contributed by atoms with Crippen LogP contribution in [0.4, 0.5) is 0 Å². The van der Waals surface area contributed by atoms with E-state index in [9.17, 15) is 9.59 Å². The van der Waals surface area contributed by atoms with Gasteiger partial charge < -0.3 is 4.74 Å². The van der Waals surface area contributed by atoms with Crippen LogP contribution in [0.5, 0.6) is 0 Å². The fourth-order valence-corrected chi connectivity index (χ4v) is 3.04. The molecule has 4 aromatic rings. The van der Waals surface area contributed by atoms with E-state index in [4.69, 9.17) is 4.74 Å². The van der Waals surface area contributed by atoms with Crippen LogP contribution in [-0.2, 0) is 11.3 Å². The molecule has 4 rings (SSSR count). The van der Waals surface area contributed by atoms with E-state index in [1.54, 1.807) is 30.5 Å². The summed E-state index contributed by atoms with van der Waals surface area (Å²) in [5, 5.41) is 0.747. The van der Waals surface area contributed by atoms with E-state index >= 15 is 0 Å². The molecule has 0 spiro atoms. The predicted octanol–water partition coefficient (Wildman–Crippen LogP) is 3.22. The highest BCUT2D eigenvalue weighted by molar-refractivity contribution is 6.03. The van der Waals surface area contributed by atoms with Gasteiger partial charge >= 0.3 is 5.97 Å². The molecular weight excluding hydrogens is 342 g/mol. The van der Waals surface area contributed by atoms with Crippen LogP contribution in [0, 0.1) is 13.8 Å². The maximum atomic E-state index is 12.7. The van der Waals surface area contributed by atoms with E-state index in [0.717, 1.165) is 22.2 Å². The zero-order valence-corrected chi connectivity index (χ0v) is 15.0. The summed E-state index contributed by atoms with van der Waals surface area (Å²) in [5.41, 5.74) is 3.68. The smallest absolute Gasteiger partial charge is 0.339 e. The van der Waals surface area contributed by atoms with Crippen molar-refractivity contribution < 1.29 is 9.53 Å². The summed E-state index contributed by atoms with van der Waals surface area (Å²) >= 11 is 0. The minimum atomic E-state index is -0.467. The van der Waals surface area contributed by atoms with Gasteiger partial charge in [0.2, 0.25) is 0 Å². The van der Waals surface area contributed by atoms with Gasteiger partial charge in [0.15, 0.2) is 0 Å². The van der Waals surface area contributed by atoms with Crippen LogP contribution in [0.25, 0.3) is 16.6 Å². The molecule has 0 aliphatic heterocycles. The number of hydrogen-bond acceptors (Lipinski definition) is 5. The van der Waals surface area contributed by atoms with Gasteiger partial charge in [-0.1, -0.05) is 17.7 Å². The molecule has 0 radical (unpaired) electrons. The van der Waals surface area contributed by atoms with E-state index in [2.05, 4.69) is 9.97 Å². The van der Waals surface area contributed by atoms with Crippen molar-refractivity contribution >= 4 is 22.5 Å². The molecule has 0 saturated carbocycles. The zero-order valence-electron chi connectivity index (χ0n) is 15.0. The molecule has 0 bridgehead atoms. The first-order valence-electron chi connectivity index (χ1n) is 8.54. The van der Waals surface area contributed by atoms with Crippen LogP contribution in [-0.4, -0.2) is 20.3 Å². The first-order valence-corrected chi connectivity index (χ1v) is 8.54. The number of esters is 1. The maximum Gasteiger partial charge on any atom is 0.339 e. The molecule has 3 aromatic heterocycles. The second-order valence-electron chi connectivity index (χ2n) is 6.42. The third-order valence-corrected chi connectivity index (χ3v) is 4.29. The first kappa shape index (κ1) is 16.9. The van der Waals surface area contributed by atoms with Crippen molar-refractivity contribution in [2.24, 2.45) is 0 Å². The summed E-state index contributed by atoms with van der Waals surface area (Å²) in [6.45, 7) is 3.72. The maximum absolute atomic E-state index is 12.7. The van der Waals surface area contributed by atoms with Crippen molar-refractivity contribution in [3.63, 3.8) is 0 Å². The minimum absolute atomic E-state index is 0.0753. The SMILES string of the molecule is Cc1ccc2nc(C)cc(C(=O)OCc3cc(=O)n4ccccc4n3)c2c1. The van der Waals surface area contributed by atoms with Gasteiger partial charge in [-0.15, -0.1) is 0 Å². The summed E-state index contributed by atoms with van der Waals surface area (Å²) < 4.78 is 6.88. The van der Waals surface area contributed by atoms with Gasteiger partial charge in [0.1, 0.15) is 12.3 Å². The molecule has 0 saturated heterocycles. The fourth-order valence-electron chi connectivity index (χ4n) is 3.04.